The number of carbonyl (C=O) groups is 1. The Bertz CT molecular complexity index is 610. The lowest BCUT2D eigenvalue weighted by atomic mass is 10.2. The average Bonchev–Trinajstić information content (AvgIpc) is 2.98. The average molecular weight is 290 g/mol. The second-order valence-electron chi connectivity index (χ2n) is 4.42. The summed E-state index contributed by atoms with van der Waals surface area (Å²) in [5.74, 6) is -0.539. The zero-order valence-corrected chi connectivity index (χ0v) is 11.1. The fraction of sp³-hybridized carbons (Fsp3) is 0.231. The summed E-state index contributed by atoms with van der Waals surface area (Å²) in [5.41, 5.74) is 7.11. The van der Waals surface area contributed by atoms with Crippen LogP contribution >= 0.6 is 0 Å². The molecule has 8 nitrogen and oxygen atoms in total. The van der Waals surface area contributed by atoms with Gasteiger partial charge in [-0.15, -0.1) is 0 Å². The Morgan fingerprint density at radius 3 is 2.71 bits per heavy atom. The minimum Gasteiger partial charge on any atom is -0.460 e. The number of nitro benzene ring substituents is 1. The topological polar surface area (TPSA) is 124 Å². The van der Waals surface area contributed by atoms with Gasteiger partial charge >= 0.3 is 5.97 Å². The van der Waals surface area contributed by atoms with E-state index >= 15 is 0 Å². The SMILES string of the molecule is NC(Cc1cnc[nH]1)C(=O)OCc1ccc([N+](=O)[O-])cc1. The number of carbonyl (C=O) groups excluding carboxylic acids is 1. The van der Waals surface area contributed by atoms with Gasteiger partial charge in [0.15, 0.2) is 0 Å². The highest BCUT2D eigenvalue weighted by Gasteiger charge is 2.16. The number of aromatic nitrogens is 2. The van der Waals surface area contributed by atoms with E-state index < -0.39 is 16.9 Å². The third-order valence-corrected chi connectivity index (χ3v) is 2.83. The van der Waals surface area contributed by atoms with Crippen LogP contribution in [-0.4, -0.2) is 26.9 Å². The quantitative estimate of drug-likeness (QED) is 0.463. The van der Waals surface area contributed by atoms with Crippen molar-refractivity contribution >= 4 is 11.7 Å². The smallest absolute Gasteiger partial charge is 0.323 e. The Kier molecular flexibility index (Phi) is 4.62. The van der Waals surface area contributed by atoms with E-state index in [9.17, 15) is 14.9 Å². The first kappa shape index (κ1) is 14.7. The molecule has 2 aromatic rings. The molecule has 1 atom stereocenters. The normalized spacial score (nSPS) is 11.9. The minimum atomic E-state index is -0.788. The van der Waals surface area contributed by atoms with E-state index in [1.807, 2.05) is 0 Å². The van der Waals surface area contributed by atoms with Crippen LogP contribution in [0.5, 0.6) is 0 Å². The van der Waals surface area contributed by atoms with Gasteiger partial charge in [0, 0.05) is 30.4 Å². The van der Waals surface area contributed by atoms with Crippen molar-refractivity contribution in [3.63, 3.8) is 0 Å². The van der Waals surface area contributed by atoms with Gasteiger partial charge in [-0.3, -0.25) is 14.9 Å². The Morgan fingerprint density at radius 2 is 2.14 bits per heavy atom. The number of H-pyrrole nitrogens is 1. The first-order valence-corrected chi connectivity index (χ1v) is 6.19. The minimum absolute atomic E-state index is 0.0129. The molecule has 0 saturated heterocycles. The Labute approximate surface area is 120 Å². The van der Waals surface area contributed by atoms with Gasteiger partial charge in [-0.05, 0) is 17.7 Å². The van der Waals surface area contributed by atoms with Crippen LogP contribution in [0, 0.1) is 10.1 Å². The molecule has 21 heavy (non-hydrogen) atoms. The van der Waals surface area contributed by atoms with Crippen molar-refractivity contribution in [2.24, 2.45) is 5.73 Å². The van der Waals surface area contributed by atoms with Crippen LogP contribution in [-0.2, 0) is 22.6 Å². The standard InChI is InChI=1S/C13H14N4O4/c14-12(5-10-6-15-8-16-10)13(18)21-7-9-1-3-11(4-2-9)17(19)20/h1-4,6,8,12H,5,7,14H2,(H,15,16). The molecule has 0 saturated carbocycles. The number of ether oxygens (including phenoxy) is 1. The predicted molar refractivity (Wildman–Crippen MR) is 73.2 cm³/mol. The number of imidazole rings is 1. The number of benzene rings is 1. The summed E-state index contributed by atoms with van der Waals surface area (Å²) in [6.45, 7) is 0.0213. The first-order valence-electron chi connectivity index (χ1n) is 6.19. The number of nitro groups is 1. The molecule has 0 amide bonds. The van der Waals surface area contributed by atoms with E-state index in [0.29, 0.717) is 12.0 Å². The van der Waals surface area contributed by atoms with E-state index in [0.717, 1.165) is 5.69 Å². The van der Waals surface area contributed by atoms with E-state index in [4.69, 9.17) is 10.5 Å². The maximum atomic E-state index is 11.7. The number of nitrogens with one attached hydrogen (secondary N) is 1. The van der Waals surface area contributed by atoms with Gasteiger partial charge < -0.3 is 15.5 Å². The third-order valence-electron chi connectivity index (χ3n) is 2.83. The van der Waals surface area contributed by atoms with Crippen LogP contribution in [0.15, 0.2) is 36.8 Å². The van der Waals surface area contributed by atoms with E-state index in [1.54, 1.807) is 6.20 Å². The summed E-state index contributed by atoms with van der Waals surface area (Å²) in [6, 6.07) is 4.99. The summed E-state index contributed by atoms with van der Waals surface area (Å²) in [7, 11) is 0. The number of hydrogen-bond donors (Lipinski definition) is 2. The van der Waals surface area contributed by atoms with Gasteiger partial charge in [0.25, 0.3) is 5.69 Å². The highest BCUT2D eigenvalue weighted by Crippen LogP contribution is 2.12. The Morgan fingerprint density at radius 1 is 1.43 bits per heavy atom. The lowest BCUT2D eigenvalue weighted by Crippen LogP contribution is -2.34. The van der Waals surface area contributed by atoms with Gasteiger partial charge in [0.05, 0.1) is 11.3 Å². The van der Waals surface area contributed by atoms with Crippen LogP contribution < -0.4 is 5.73 Å². The summed E-state index contributed by atoms with van der Waals surface area (Å²) in [6.07, 6.45) is 3.40. The lowest BCUT2D eigenvalue weighted by Gasteiger charge is -2.10. The highest BCUT2D eigenvalue weighted by molar-refractivity contribution is 5.75. The van der Waals surface area contributed by atoms with Crippen molar-refractivity contribution in [3.05, 3.63) is 58.2 Å². The lowest BCUT2D eigenvalue weighted by molar-refractivity contribution is -0.384. The number of esters is 1. The number of nitrogens with zero attached hydrogens (tertiary/aromatic N) is 2. The second kappa shape index (κ2) is 6.62. The molecule has 1 aromatic carbocycles. The summed E-state index contributed by atoms with van der Waals surface area (Å²) in [4.78, 5) is 28.4. The number of rotatable bonds is 6. The molecule has 0 aliphatic heterocycles. The molecular weight excluding hydrogens is 276 g/mol. The summed E-state index contributed by atoms with van der Waals surface area (Å²) < 4.78 is 5.07. The molecule has 1 aromatic heterocycles. The fourth-order valence-corrected chi connectivity index (χ4v) is 1.69. The molecule has 0 fully saturated rings. The van der Waals surface area contributed by atoms with Crippen molar-refractivity contribution in [1.82, 2.24) is 9.97 Å². The van der Waals surface area contributed by atoms with Crippen molar-refractivity contribution in [2.75, 3.05) is 0 Å². The van der Waals surface area contributed by atoms with Gasteiger partial charge in [-0.2, -0.15) is 0 Å². The maximum absolute atomic E-state index is 11.7. The molecule has 0 aliphatic rings. The van der Waals surface area contributed by atoms with E-state index in [-0.39, 0.29) is 12.3 Å². The van der Waals surface area contributed by atoms with Crippen LogP contribution in [0.2, 0.25) is 0 Å². The van der Waals surface area contributed by atoms with Gasteiger partial charge in [-0.1, -0.05) is 0 Å². The molecule has 3 N–H and O–H groups in total. The van der Waals surface area contributed by atoms with Crippen molar-refractivity contribution < 1.29 is 14.5 Å². The Balaban J connectivity index is 1.84. The summed E-state index contributed by atoms with van der Waals surface area (Å²) >= 11 is 0. The van der Waals surface area contributed by atoms with Gasteiger partial charge in [0.2, 0.25) is 0 Å². The number of aromatic amines is 1. The van der Waals surface area contributed by atoms with Crippen LogP contribution in [0.1, 0.15) is 11.3 Å². The zero-order valence-electron chi connectivity index (χ0n) is 11.1. The van der Waals surface area contributed by atoms with Crippen molar-refractivity contribution in [3.8, 4) is 0 Å². The number of nitrogens with two attached hydrogens (primary N) is 1. The Hall–Kier alpha value is -2.74. The van der Waals surface area contributed by atoms with Crippen LogP contribution in [0.3, 0.4) is 0 Å². The molecule has 110 valence electrons. The molecule has 0 aliphatic carbocycles. The third kappa shape index (κ3) is 4.11. The molecule has 1 heterocycles. The fourth-order valence-electron chi connectivity index (χ4n) is 1.69. The summed E-state index contributed by atoms with van der Waals surface area (Å²) in [5, 5.41) is 10.5. The molecule has 8 heteroatoms. The molecular formula is C13H14N4O4. The van der Waals surface area contributed by atoms with Gasteiger partial charge in [-0.25, -0.2) is 4.98 Å². The number of non-ortho nitro benzene ring substituents is 1. The zero-order chi connectivity index (χ0) is 15.2. The van der Waals surface area contributed by atoms with Crippen molar-refractivity contribution in [2.45, 2.75) is 19.1 Å². The molecule has 0 bridgehead atoms. The maximum Gasteiger partial charge on any atom is 0.323 e. The molecule has 2 rings (SSSR count). The first-order chi connectivity index (χ1) is 10.1. The molecule has 0 radical (unpaired) electrons. The number of hydrogen-bond acceptors (Lipinski definition) is 6. The van der Waals surface area contributed by atoms with Crippen LogP contribution in [0.4, 0.5) is 5.69 Å². The van der Waals surface area contributed by atoms with E-state index in [1.165, 1.54) is 30.6 Å². The largest absolute Gasteiger partial charge is 0.460 e. The highest BCUT2D eigenvalue weighted by atomic mass is 16.6. The monoisotopic (exact) mass is 290 g/mol. The van der Waals surface area contributed by atoms with Gasteiger partial charge in [0.1, 0.15) is 12.6 Å². The second-order valence-corrected chi connectivity index (χ2v) is 4.42. The van der Waals surface area contributed by atoms with E-state index in [2.05, 4.69) is 9.97 Å². The van der Waals surface area contributed by atoms with Crippen LogP contribution in [0.25, 0.3) is 0 Å². The van der Waals surface area contributed by atoms with Crippen molar-refractivity contribution in [1.29, 1.82) is 0 Å². The predicted octanol–water partition coefficient (Wildman–Crippen LogP) is 0.931. The molecule has 1 unspecified atom stereocenters. The molecule has 0 spiro atoms.